The molecule has 1 saturated carbocycles. The van der Waals surface area contributed by atoms with Crippen LogP contribution in [-0.2, 0) is 0 Å². The van der Waals surface area contributed by atoms with E-state index in [-0.39, 0.29) is 6.04 Å². The van der Waals surface area contributed by atoms with E-state index in [4.69, 9.17) is 4.42 Å². The van der Waals surface area contributed by atoms with Gasteiger partial charge < -0.3 is 9.73 Å². The van der Waals surface area contributed by atoms with E-state index < -0.39 is 0 Å². The van der Waals surface area contributed by atoms with Gasteiger partial charge in [-0.15, -0.1) is 0 Å². The Balaban J connectivity index is 1.58. The van der Waals surface area contributed by atoms with Gasteiger partial charge in [-0.2, -0.15) is 0 Å². The van der Waals surface area contributed by atoms with Crippen molar-refractivity contribution in [3.05, 3.63) is 48.4 Å². The van der Waals surface area contributed by atoms with E-state index in [1.807, 2.05) is 18.2 Å². The average Bonchev–Trinajstić information content (AvgIpc) is 3.28. The minimum absolute atomic E-state index is 0.0888. The van der Waals surface area contributed by atoms with Crippen LogP contribution in [0.15, 0.2) is 41.2 Å². The topological polar surface area (TPSA) is 63.8 Å². The summed E-state index contributed by atoms with van der Waals surface area (Å²) in [7, 11) is 0. The highest BCUT2D eigenvalue weighted by Gasteiger charge is 2.28. The molecule has 5 heteroatoms. The third-order valence-corrected chi connectivity index (χ3v) is 3.74. The molecule has 1 aromatic carbocycles. The Hall–Kier alpha value is -2.43. The molecule has 0 saturated heterocycles. The number of rotatable bonds is 4. The van der Waals surface area contributed by atoms with E-state index >= 15 is 0 Å². The van der Waals surface area contributed by atoms with E-state index in [0.29, 0.717) is 5.92 Å². The zero-order valence-corrected chi connectivity index (χ0v) is 11.8. The molecular formula is C16H16N4O. The number of nitrogens with zero attached hydrogens (tertiary/aromatic N) is 3. The van der Waals surface area contributed by atoms with Gasteiger partial charge in [0, 0.05) is 24.0 Å². The number of benzene rings is 1. The average molecular weight is 280 g/mol. The van der Waals surface area contributed by atoms with E-state index in [2.05, 4.69) is 27.2 Å². The molecule has 106 valence electrons. The molecular weight excluding hydrogens is 264 g/mol. The van der Waals surface area contributed by atoms with Crippen LogP contribution in [0.3, 0.4) is 0 Å². The molecule has 2 heterocycles. The van der Waals surface area contributed by atoms with Gasteiger partial charge in [0.05, 0.1) is 17.9 Å². The molecule has 1 atom stereocenters. The maximum absolute atomic E-state index is 5.78. The van der Waals surface area contributed by atoms with Crippen LogP contribution in [0.2, 0.25) is 0 Å². The van der Waals surface area contributed by atoms with Crippen LogP contribution in [0.4, 0.5) is 5.69 Å². The number of hydrogen-bond donors (Lipinski definition) is 1. The van der Waals surface area contributed by atoms with Crippen molar-refractivity contribution in [2.75, 3.05) is 5.32 Å². The van der Waals surface area contributed by atoms with Crippen molar-refractivity contribution in [3.63, 3.8) is 0 Å². The van der Waals surface area contributed by atoms with Gasteiger partial charge in [0.15, 0.2) is 11.5 Å². The van der Waals surface area contributed by atoms with Crippen LogP contribution in [0, 0.1) is 0 Å². The summed E-state index contributed by atoms with van der Waals surface area (Å²) in [6.07, 6.45) is 7.55. The molecule has 1 N–H and O–H groups in total. The van der Waals surface area contributed by atoms with Gasteiger partial charge >= 0.3 is 0 Å². The van der Waals surface area contributed by atoms with Crippen molar-refractivity contribution in [3.8, 4) is 0 Å². The Labute approximate surface area is 122 Å². The maximum Gasteiger partial charge on any atom is 0.198 e. The number of anilines is 1. The lowest BCUT2D eigenvalue weighted by atomic mass is 10.2. The van der Waals surface area contributed by atoms with Crippen LogP contribution < -0.4 is 5.32 Å². The first-order valence-electron chi connectivity index (χ1n) is 7.22. The predicted octanol–water partition coefficient (Wildman–Crippen LogP) is 3.67. The first-order valence-corrected chi connectivity index (χ1v) is 7.22. The van der Waals surface area contributed by atoms with Gasteiger partial charge in [0.2, 0.25) is 0 Å². The van der Waals surface area contributed by atoms with Gasteiger partial charge in [0.25, 0.3) is 0 Å². The highest BCUT2D eigenvalue weighted by atomic mass is 16.3. The zero-order chi connectivity index (χ0) is 14.2. The largest absolute Gasteiger partial charge is 0.440 e. The zero-order valence-electron chi connectivity index (χ0n) is 11.8. The SMILES string of the molecule is CC(Nc1ccc2oc(C3CC3)nc2c1)c1cnccn1. The van der Waals surface area contributed by atoms with Crippen molar-refractivity contribution in [1.82, 2.24) is 15.0 Å². The minimum Gasteiger partial charge on any atom is -0.440 e. The van der Waals surface area contributed by atoms with Gasteiger partial charge in [-0.3, -0.25) is 9.97 Å². The lowest BCUT2D eigenvalue weighted by Gasteiger charge is -2.13. The predicted molar refractivity (Wildman–Crippen MR) is 80.1 cm³/mol. The molecule has 1 aliphatic rings. The molecule has 0 amide bonds. The Morgan fingerprint density at radius 1 is 1.29 bits per heavy atom. The Bertz CT molecular complexity index is 764. The normalized spacial score (nSPS) is 16.0. The second-order valence-corrected chi connectivity index (χ2v) is 5.51. The van der Waals surface area contributed by atoms with Crippen molar-refractivity contribution in [2.24, 2.45) is 0 Å². The molecule has 0 bridgehead atoms. The Morgan fingerprint density at radius 3 is 2.95 bits per heavy atom. The molecule has 3 aromatic rings. The first-order chi connectivity index (χ1) is 10.3. The van der Waals surface area contributed by atoms with Crippen LogP contribution in [0.5, 0.6) is 0 Å². The fraction of sp³-hybridized carbons (Fsp3) is 0.312. The fourth-order valence-electron chi connectivity index (χ4n) is 2.40. The van der Waals surface area contributed by atoms with Gasteiger partial charge in [0.1, 0.15) is 5.52 Å². The van der Waals surface area contributed by atoms with E-state index in [9.17, 15) is 0 Å². The summed E-state index contributed by atoms with van der Waals surface area (Å²) in [5, 5.41) is 3.42. The number of hydrogen-bond acceptors (Lipinski definition) is 5. The summed E-state index contributed by atoms with van der Waals surface area (Å²) in [5.41, 5.74) is 3.69. The molecule has 1 unspecified atom stereocenters. The third kappa shape index (κ3) is 2.46. The number of oxazole rings is 1. The quantitative estimate of drug-likeness (QED) is 0.790. The maximum atomic E-state index is 5.78. The van der Waals surface area contributed by atoms with Crippen molar-refractivity contribution in [1.29, 1.82) is 0 Å². The summed E-state index contributed by atoms with van der Waals surface area (Å²) in [6.45, 7) is 2.06. The number of fused-ring (bicyclic) bond motifs is 1. The van der Waals surface area contributed by atoms with Gasteiger partial charge in [-0.1, -0.05) is 0 Å². The van der Waals surface area contributed by atoms with E-state index in [1.54, 1.807) is 18.6 Å². The molecule has 0 aliphatic heterocycles. The van der Waals surface area contributed by atoms with Gasteiger partial charge in [-0.05, 0) is 38.0 Å². The van der Waals surface area contributed by atoms with Crippen molar-refractivity contribution >= 4 is 16.8 Å². The van der Waals surface area contributed by atoms with E-state index in [1.165, 1.54) is 12.8 Å². The Morgan fingerprint density at radius 2 is 2.19 bits per heavy atom. The molecule has 21 heavy (non-hydrogen) atoms. The number of nitrogens with one attached hydrogen (secondary N) is 1. The lowest BCUT2D eigenvalue weighted by molar-refractivity contribution is 0.533. The molecule has 4 rings (SSSR count). The highest BCUT2D eigenvalue weighted by Crippen LogP contribution is 2.40. The summed E-state index contributed by atoms with van der Waals surface area (Å²) >= 11 is 0. The minimum atomic E-state index is 0.0888. The second-order valence-electron chi connectivity index (χ2n) is 5.51. The molecule has 1 fully saturated rings. The van der Waals surface area contributed by atoms with Crippen molar-refractivity contribution in [2.45, 2.75) is 31.7 Å². The summed E-state index contributed by atoms with van der Waals surface area (Å²) in [5.74, 6) is 1.41. The van der Waals surface area contributed by atoms with Crippen molar-refractivity contribution < 1.29 is 4.42 Å². The van der Waals surface area contributed by atoms with Gasteiger partial charge in [-0.25, -0.2) is 4.98 Å². The molecule has 5 nitrogen and oxygen atoms in total. The summed E-state index contributed by atoms with van der Waals surface area (Å²) in [4.78, 5) is 13.0. The second kappa shape index (κ2) is 4.84. The standard InChI is InChI=1S/C16H16N4O/c1-10(14-9-17-6-7-18-14)19-12-4-5-15-13(8-12)20-16(21-15)11-2-3-11/h4-11,19H,2-3H2,1H3. The summed E-state index contributed by atoms with van der Waals surface area (Å²) < 4.78 is 5.78. The fourth-order valence-corrected chi connectivity index (χ4v) is 2.40. The monoisotopic (exact) mass is 280 g/mol. The smallest absolute Gasteiger partial charge is 0.198 e. The first kappa shape index (κ1) is 12.3. The van der Waals surface area contributed by atoms with Crippen LogP contribution in [0.1, 0.15) is 43.3 Å². The molecule has 2 aromatic heterocycles. The molecule has 0 spiro atoms. The van der Waals surface area contributed by atoms with E-state index in [0.717, 1.165) is 28.4 Å². The number of aromatic nitrogens is 3. The van der Waals surface area contributed by atoms with Crippen LogP contribution in [0.25, 0.3) is 11.1 Å². The highest BCUT2D eigenvalue weighted by molar-refractivity contribution is 5.77. The third-order valence-electron chi connectivity index (χ3n) is 3.74. The summed E-state index contributed by atoms with van der Waals surface area (Å²) in [6, 6.07) is 6.10. The lowest BCUT2D eigenvalue weighted by Crippen LogP contribution is -2.08. The molecule has 0 radical (unpaired) electrons. The van der Waals surface area contributed by atoms with Crippen LogP contribution >= 0.6 is 0 Å². The molecule has 1 aliphatic carbocycles. The Kier molecular flexibility index (Phi) is 2.84. The van der Waals surface area contributed by atoms with Crippen LogP contribution in [-0.4, -0.2) is 15.0 Å².